The van der Waals surface area contributed by atoms with Gasteiger partial charge in [-0.05, 0) is 48.7 Å². The van der Waals surface area contributed by atoms with Crippen molar-refractivity contribution in [2.45, 2.75) is 46.1 Å². The van der Waals surface area contributed by atoms with E-state index in [0.29, 0.717) is 23.5 Å². The number of unbranched alkanes of at least 4 members (excludes halogenated alkanes) is 1. The first-order valence-electron chi connectivity index (χ1n) is 21.0. The quantitative estimate of drug-likeness (QED) is 0.139. The Morgan fingerprint density at radius 2 is 0.983 bits per heavy atom. The van der Waals surface area contributed by atoms with Crippen LogP contribution in [0.5, 0.6) is 0 Å². The third kappa shape index (κ3) is 5.73. The highest BCUT2D eigenvalue weighted by Gasteiger charge is 2.23. The second-order valence-corrected chi connectivity index (χ2v) is 15.8. The van der Waals surface area contributed by atoms with Gasteiger partial charge in [-0.3, -0.25) is 4.57 Å². The fourth-order valence-corrected chi connectivity index (χ4v) is 9.43. The Morgan fingerprint density at radius 1 is 0.458 bits per heavy atom. The molecule has 59 heavy (non-hydrogen) atoms. The molecule has 6 nitrogen and oxygen atoms in total. The lowest BCUT2D eigenvalue weighted by Gasteiger charge is -2.18. The Hall–Kier alpha value is -7.05. The summed E-state index contributed by atoms with van der Waals surface area (Å²) < 4.78 is 7.37. The molecule has 0 fully saturated rings. The Morgan fingerprint density at radius 3 is 1.61 bits per heavy atom. The molecular formula is C53H44N6. The number of hydrogen-bond donors (Lipinski definition) is 0. The van der Waals surface area contributed by atoms with Crippen LogP contribution in [-0.4, -0.2) is 28.7 Å². The summed E-state index contributed by atoms with van der Waals surface area (Å²) >= 11 is 0. The average Bonchev–Trinajstić information content (AvgIpc) is 3.93. The molecule has 0 amide bonds. The minimum Gasteiger partial charge on any atom is -0.338 e. The molecule has 1 unspecified atom stereocenters. The molecule has 0 aliphatic carbocycles. The van der Waals surface area contributed by atoms with E-state index in [2.05, 4.69) is 155 Å². The van der Waals surface area contributed by atoms with E-state index in [1.54, 1.807) is 0 Å². The maximum atomic E-state index is 5.17. The van der Waals surface area contributed by atoms with Crippen LogP contribution in [-0.2, 0) is 6.54 Å². The van der Waals surface area contributed by atoms with Crippen LogP contribution in [0.15, 0.2) is 164 Å². The second-order valence-electron chi connectivity index (χ2n) is 15.8. The van der Waals surface area contributed by atoms with Gasteiger partial charge in [-0.1, -0.05) is 161 Å². The van der Waals surface area contributed by atoms with Gasteiger partial charge in [-0.25, -0.2) is 4.98 Å². The molecule has 0 radical (unpaired) electrons. The topological polar surface area (TPSA) is 53.5 Å². The van der Waals surface area contributed by atoms with Crippen LogP contribution < -0.4 is 0 Å². The number of aromatic nitrogens is 6. The molecule has 6 heteroatoms. The summed E-state index contributed by atoms with van der Waals surface area (Å²) in [5.74, 6) is 2.47. The lowest BCUT2D eigenvalue weighted by atomic mass is 9.99. The standard InChI is InChI=1S/C53H44N6/c1-3-5-18-35(4-2)34-57-45-26-15-12-23-39(45)42-30-31-43-40-24-13-16-27-46(40)58(50(43)49(42)57)38-29-32-48-44(33-38)41-25-14-17-28-47(41)59(48)53-55-51(36-19-8-6-9-20-36)54-52(56-53)37-21-10-7-11-22-37/h6-17,19-33,35H,3-5,18,34H2,1-2H3. The number of nitrogens with zero attached hydrogens (tertiary/aromatic N) is 6. The van der Waals surface area contributed by atoms with E-state index in [1.807, 2.05) is 36.4 Å². The van der Waals surface area contributed by atoms with Gasteiger partial charge in [0.1, 0.15) is 0 Å². The predicted molar refractivity (Wildman–Crippen MR) is 246 cm³/mol. The summed E-state index contributed by atoms with van der Waals surface area (Å²) in [6.07, 6.45) is 4.87. The molecule has 0 saturated heterocycles. The highest BCUT2D eigenvalue weighted by molar-refractivity contribution is 6.23. The van der Waals surface area contributed by atoms with Gasteiger partial charge < -0.3 is 9.13 Å². The predicted octanol–water partition coefficient (Wildman–Crippen LogP) is 13.7. The fourth-order valence-electron chi connectivity index (χ4n) is 9.43. The summed E-state index contributed by atoms with van der Waals surface area (Å²) in [6.45, 7) is 5.65. The first kappa shape index (κ1) is 35.1. The van der Waals surface area contributed by atoms with Gasteiger partial charge in [-0.2, -0.15) is 9.97 Å². The largest absolute Gasteiger partial charge is 0.338 e. The van der Waals surface area contributed by atoms with Crippen LogP contribution in [0.3, 0.4) is 0 Å². The average molecular weight is 765 g/mol. The molecule has 0 saturated carbocycles. The van der Waals surface area contributed by atoms with Crippen molar-refractivity contribution >= 4 is 65.4 Å². The summed E-state index contributed by atoms with van der Waals surface area (Å²) in [4.78, 5) is 15.3. The van der Waals surface area contributed by atoms with Crippen LogP contribution in [0.25, 0.3) is 99.8 Å². The summed E-state index contributed by atoms with van der Waals surface area (Å²) in [5.41, 5.74) is 10.2. The van der Waals surface area contributed by atoms with Crippen LogP contribution in [0.1, 0.15) is 39.5 Å². The molecule has 286 valence electrons. The van der Waals surface area contributed by atoms with Gasteiger partial charge in [0.2, 0.25) is 5.95 Å². The Labute approximate surface area is 343 Å². The highest BCUT2D eigenvalue weighted by Crippen LogP contribution is 2.42. The molecule has 0 spiro atoms. The van der Waals surface area contributed by atoms with Gasteiger partial charge in [0.25, 0.3) is 0 Å². The van der Waals surface area contributed by atoms with Crippen molar-refractivity contribution in [2.24, 2.45) is 5.92 Å². The lowest BCUT2D eigenvalue weighted by Crippen LogP contribution is -2.10. The molecule has 0 aliphatic heterocycles. The molecule has 4 aromatic heterocycles. The maximum Gasteiger partial charge on any atom is 0.238 e. The van der Waals surface area contributed by atoms with Gasteiger partial charge in [0.15, 0.2) is 11.6 Å². The number of benzene rings is 7. The van der Waals surface area contributed by atoms with E-state index >= 15 is 0 Å². The van der Waals surface area contributed by atoms with Crippen molar-refractivity contribution < 1.29 is 0 Å². The zero-order valence-electron chi connectivity index (χ0n) is 33.4. The van der Waals surface area contributed by atoms with Crippen molar-refractivity contribution in [1.82, 2.24) is 28.7 Å². The minimum absolute atomic E-state index is 0.591. The lowest BCUT2D eigenvalue weighted by molar-refractivity contribution is 0.401. The zero-order valence-corrected chi connectivity index (χ0v) is 33.4. The molecular weight excluding hydrogens is 721 g/mol. The third-order valence-electron chi connectivity index (χ3n) is 12.4. The Kier molecular flexibility index (Phi) is 8.58. The molecule has 0 aliphatic rings. The van der Waals surface area contributed by atoms with Crippen LogP contribution in [0.4, 0.5) is 0 Å². The first-order chi connectivity index (χ1) is 29.2. The summed E-state index contributed by atoms with van der Waals surface area (Å²) in [5, 5.41) is 7.44. The smallest absolute Gasteiger partial charge is 0.238 e. The Balaban J connectivity index is 1.18. The monoisotopic (exact) mass is 764 g/mol. The first-order valence-corrected chi connectivity index (χ1v) is 21.0. The van der Waals surface area contributed by atoms with Crippen LogP contribution in [0.2, 0.25) is 0 Å². The fraction of sp³-hybridized carbons (Fsp3) is 0.151. The van der Waals surface area contributed by atoms with E-state index in [4.69, 9.17) is 15.0 Å². The number of para-hydroxylation sites is 3. The maximum absolute atomic E-state index is 5.17. The van der Waals surface area contributed by atoms with Gasteiger partial charge in [-0.15, -0.1) is 0 Å². The summed E-state index contributed by atoms with van der Waals surface area (Å²) in [6, 6.07) is 58.5. The zero-order chi connectivity index (χ0) is 39.5. The third-order valence-corrected chi connectivity index (χ3v) is 12.4. The van der Waals surface area contributed by atoms with Crippen LogP contribution >= 0.6 is 0 Å². The van der Waals surface area contributed by atoms with E-state index in [0.717, 1.165) is 51.6 Å². The Bertz CT molecular complexity index is 3280. The van der Waals surface area contributed by atoms with Crippen molar-refractivity contribution in [1.29, 1.82) is 0 Å². The normalized spacial score (nSPS) is 12.5. The molecule has 7 aromatic carbocycles. The molecule has 11 aromatic rings. The number of rotatable bonds is 10. The molecule has 0 N–H and O–H groups in total. The molecule has 0 bridgehead atoms. The molecule has 1 atom stereocenters. The molecule has 4 heterocycles. The number of hydrogen-bond acceptors (Lipinski definition) is 3. The van der Waals surface area contributed by atoms with E-state index in [-0.39, 0.29) is 0 Å². The van der Waals surface area contributed by atoms with Crippen molar-refractivity contribution in [3.8, 4) is 34.4 Å². The van der Waals surface area contributed by atoms with E-state index in [1.165, 1.54) is 62.9 Å². The second kappa shape index (κ2) is 14.4. The SMILES string of the molecule is CCCCC(CC)Cn1c2ccccc2c2ccc3c4ccccc4n(-c4ccc5c(c4)c4ccccc4n5-c4nc(-c5ccccc5)nc(-c5ccccc5)n4)c3c21. The summed E-state index contributed by atoms with van der Waals surface area (Å²) in [7, 11) is 0. The van der Waals surface area contributed by atoms with Gasteiger partial charge in [0, 0.05) is 61.2 Å². The van der Waals surface area contributed by atoms with Crippen molar-refractivity contribution in [3.05, 3.63) is 164 Å². The minimum atomic E-state index is 0.591. The van der Waals surface area contributed by atoms with Crippen molar-refractivity contribution in [2.75, 3.05) is 0 Å². The number of fused-ring (bicyclic) bond motifs is 10. The van der Waals surface area contributed by atoms with Gasteiger partial charge >= 0.3 is 0 Å². The van der Waals surface area contributed by atoms with Gasteiger partial charge in [0.05, 0.1) is 27.6 Å². The van der Waals surface area contributed by atoms with E-state index < -0.39 is 0 Å². The van der Waals surface area contributed by atoms with E-state index in [9.17, 15) is 0 Å². The van der Waals surface area contributed by atoms with Crippen molar-refractivity contribution in [3.63, 3.8) is 0 Å². The highest BCUT2D eigenvalue weighted by atomic mass is 15.2. The van der Waals surface area contributed by atoms with Crippen LogP contribution in [0, 0.1) is 5.92 Å². The molecule has 11 rings (SSSR count).